The zero-order valence-electron chi connectivity index (χ0n) is 8.10. The van der Waals surface area contributed by atoms with Crippen molar-refractivity contribution in [1.82, 2.24) is 0 Å². The van der Waals surface area contributed by atoms with Crippen LogP contribution in [0.4, 0.5) is 0 Å². The van der Waals surface area contributed by atoms with Crippen LogP contribution in [0.5, 0.6) is 0 Å². The lowest BCUT2D eigenvalue weighted by atomic mass is 9.88. The number of rotatable bonds is 3. The number of ketones is 1. The van der Waals surface area contributed by atoms with Crippen molar-refractivity contribution in [3.05, 3.63) is 0 Å². The minimum absolute atomic E-state index is 0.166. The van der Waals surface area contributed by atoms with Crippen molar-refractivity contribution in [2.24, 2.45) is 5.41 Å². The second-order valence-electron chi connectivity index (χ2n) is 3.71. The van der Waals surface area contributed by atoms with Gasteiger partial charge in [0.25, 0.3) is 0 Å². The van der Waals surface area contributed by atoms with Gasteiger partial charge < -0.3 is 4.74 Å². The van der Waals surface area contributed by atoms with Gasteiger partial charge >= 0.3 is 0 Å². The number of hydrogen-bond donors (Lipinski definition) is 0. The molecule has 0 aliphatic heterocycles. The van der Waals surface area contributed by atoms with E-state index in [1.807, 2.05) is 27.7 Å². The van der Waals surface area contributed by atoms with E-state index in [1.165, 1.54) is 0 Å². The Kier molecular flexibility index (Phi) is 3.73. The summed E-state index contributed by atoms with van der Waals surface area (Å²) in [6, 6.07) is 0. The van der Waals surface area contributed by atoms with Gasteiger partial charge in [-0.05, 0) is 13.8 Å². The Labute approximate surface area is 68.9 Å². The van der Waals surface area contributed by atoms with Crippen molar-refractivity contribution >= 4 is 5.78 Å². The Morgan fingerprint density at radius 1 is 1.45 bits per heavy atom. The first-order valence-electron chi connectivity index (χ1n) is 4.05. The van der Waals surface area contributed by atoms with Crippen LogP contribution in [0.2, 0.25) is 0 Å². The molecule has 0 heterocycles. The van der Waals surface area contributed by atoms with Gasteiger partial charge in [0.05, 0.1) is 0 Å². The number of ether oxygens (including phenoxy) is 1. The highest BCUT2D eigenvalue weighted by atomic mass is 16.5. The van der Waals surface area contributed by atoms with Gasteiger partial charge in [-0.2, -0.15) is 0 Å². The minimum atomic E-state index is -0.283. The standard InChI is InChI=1S/C9H18O2/c1-6-11-7(2)8(10)9(3,4)5/h7H,6H2,1-5H3. The molecule has 0 aliphatic rings. The van der Waals surface area contributed by atoms with E-state index >= 15 is 0 Å². The van der Waals surface area contributed by atoms with Crippen LogP contribution in [0, 0.1) is 5.41 Å². The van der Waals surface area contributed by atoms with E-state index < -0.39 is 0 Å². The van der Waals surface area contributed by atoms with Crippen molar-refractivity contribution in [2.75, 3.05) is 6.61 Å². The predicted molar refractivity (Wildman–Crippen MR) is 45.6 cm³/mol. The maximum atomic E-state index is 11.4. The lowest BCUT2D eigenvalue weighted by Crippen LogP contribution is -2.32. The Hall–Kier alpha value is -0.370. The topological polar surface area (TPSA) is 26.3 Å². The van der Waals surface area contributed by atoms with Gasteiger partial charge in [0, 0.05) is 12.0 Å². The van der Waals surface area contributed by atoms with Crippen LogP contribution >= 0.6 is 0 Å². The summed E-state index contributed by atoms with van der Waals surface area (Å²) in [5.74, 6) is 0.166. The molecule has 0 saturated carbocycles. The summed E-state index contributed by atoms with van der Waals surface area (Å²) in [5.41, 5.74) is -0.283. The summed E-state index contributed by atoms with van der Waals surface area (Å²) < 4.78 is 5.18. The number of Topliss-reactive ketones (excluding diaryl/α,β-unsaturated/α-hetero) is 1. The highest BCUT2D eigenvalue weighted by molar-refractivity contribution is 5.87. The lowest BCUT2D eigenvalue weighted by molar-refractivity contribution is -0.137. The number of carbonyl (C=O) groups is 1. The highest BCUT2D eigenvalue weighted by Gasteiger charge is 2.26. The smallest absolute Gasteiger partial charge is 0.166 e. The van der Waals surface area contributed by atoms with Crippen molar-refractivity contribution in [3.8, 4) is 0 Å². The van der Waals surface area contributed by atoms with E-state index in [9.17, 15) is 4.79 Å². The zero-order valence-corrected chi connectivity index (χ0v) is 8.10. The molecule has 0 bridgehead atoms. The maximum Gasteiger partial charge on any atom is 0.166 e. The van der Waals surface area contributed by atoms with E-state index in [-0.39, 0.29) is 17.3 Å². The van der Waals surface area contributed by atoms with Crippen LogP contribution in [0.3, 0.4) is 0 Å². The van der Waals surface area contributed by atoms with E-state index in [0.29, 0.717) is 6.61 Å². The Morgan fingerprint density at radius 2 is 1.91 bits per heavy atom. The monoisotopic (exact) mass is 158 g/mol. The van der Waals surface area contributed by atoms with Gasteiger partial charge in [-0.1, -0.05) is 20.8 Å². The van der Waals surface area contributed by atoms with E-state index in [2.05, 4.69) is 0 Å². The van der Waals surface area contributed by atoms with Crippen LogP contribution in [-0.4, -0.2) is 18.5 Å². The molecule has 0 spiro atoms. The largest absolute Gasteiger partial charge is 0.371 e. The third-order valence-electron chi connectivity index (χ3n) is 1.53. The van der Waals surface area contributed by atoms with E-state index in [4.69, 9.17) is 4.74 Å². The summed E-state index contributed by atoms with van der Waals surface area (Å²) in [4.78, 5) is 11.4. The second-order valence-corrected chi connectivity index (χ2v) is 3.71. The second kappa shape index (κ2) is 3.86. The molecular formula is C9H18O2. The summed E-state index contributed by atoms with van der Waals surface area (Å²) >= 11 is 0. The molecule has 0 amide bonds. The third kappa shape index (κ3) is 3.51. The Balaban J connectivity index is 4.03. The maximum absolute atomic E-state index is 11.4. The van der Waals surface area contributed by atoms with Gasteiger partial charge in [-0.25, -0.2) is 0 Å². The molecule has 2 nitrogen and oxygen atoms in total. The summed E-state index contributed by atoms with van der Waals surface area (Å²) in [7, 11) is 0. The van der Waals surface area contributed by atoms with Crippen LogP contribution in [0.25, 0.3) is 0 Å². The fraction of sp³-hybridized carbons (Fsp3) is 0.889. The molecule has 2 heteroatoms. The molecule has 0 aliphatic carbocycles. The predicted octanol–water partition coefficient (Wildman–Crippen LogP) is 2.03. The highest BCUT2D eigenvalue weighted by Crippen LogP contribution is 2.17. The molecule has 66 valence electrons. The van der Waals surface area contributed by atoms with Crippen molar-refractivity contribution < 1.29 is 9.53 Å². The summed E-state index contributed by atoms with van der Waals surface area (Å²) in [6.45, 7) is 10.0. The molecule has 11 heavy (non-hydrogen) atoms. The van der Waals surface area contributed by atoms with Crippen molar-refractivity contribution in [3.63, 3.8) is 0 Å². The van der Waals surface area contributed by atoms with Crippen molar-refractivity contribution in [1.29, 1.82) is 0 Å². The average Bonchev–Trinajstić information content (AvgIpc) is 1.85. The first-order valence-corrected chi connectivity index (χ1v) is 4.05. The molecule has 1 unspecified atom stereocenters. The molecule has 0 radical (unpaired) electrons. The molecule has 0 rings (SSSR count). The molecular weight excluding hydrogens is 140 g/mol. The normalized spacial score (nSPS) is 14.6. The fourth-order valence-electron chi connectivity index (χ4n) is 0.935. The number of carbonyl (C=O) groups excluding carboxylic acids is 1. The first kappa shape index (κ1) is 10.6. The molecule has 1 atom stereocenters. The minimum Gasteiger partial charge on any atom is -0.371 e. The molecule has 0 aromatic rings. The molecule has 0 N–H and O–H groups in total. The van der Waals surface area contributed by atoms with Crippen LogP contribution in [-0.2, 0) is 9.53 Å². The van der Waals surface area contributed by atoms with Crippen LogP contribution in [0.1, 0.15) is 34.6 Å². The molecule has 0 fully saturated rings. The van der Waals surface area contributed by atoms with Gasteiger partial charge in [0.15, 0.2) is 5.78 Å². The van der Waals surface area contributed by atoms with Gasteiger partial charge in [0.2, 0.25) is 0 Å². The van der Waals surface area contributed by atoms with Crippen LogP contribution in [0.15, 0.2) is 0 Å². The third-order valence-corrected chi connectivity index (χ3v) is 1.53. The van der Waals surface area contributed by atoms with Gasteiger partial charge in [-0.3, -0.25) is 4.79 Å². The SMILES string of the molecule is CCOC(C)C(=O)C(C)(C)C. The summed E-state index contributed by atoms with van der Waals surface area (Å²) in [6.07, 6.45) is -0.264. The number of hydrogen-bond acceptors (Lipinski definition) is 2. The Morgan fingerprint density at radius 3 is 2.18 bits per heavy atom. The first-order chi connectivity index (χ1) is 4.89. The average molecular weight is 158 g/mol. The van der Waals surface area contributed by atoms with E-state index in [0.717, 1.165) is 0 Å². The summed E-state index contributed by atoms with van der Waals surface area (Å²) in [5, 5.41) is 0. The van der Waals surface area contributed by atoms with E-state index in [1.54, 1.807) is 6.92 Å². The van der Waals surface area contributed by atoms with Gasteiger partial charge in [0.1, 0.15) is 6.10 Å². The quantitative estimate of drug-likeness (QED) is 0.628. The Bertz CT molecular complexity index is 133. The van der Waals surface area contributed by atoms with Crippen molar-refractivity contribution in [2.45, 2.75) is 40.7 Å². The molecule has 0 saturated heterocycles. The lowest BCUT2D eigenvalue weighted by Gasteiger charge is -2.21. The molecule has 0 aromatic heterocycles. The fourth-order valence-corrected chi connectivity index (χ4v) is 0.935. The molecule has 0 aromatic carbocycles. The zero-order chi connectivity index (χ0) is 9.07. The van der Waals surface area contributed by atoms with Crippen LogP contribution < -0.4 is 0 Å². The van der Waals surface area contributed by atoms with Gasteiger partial charge in [-0.15, -0.1) is 0 Å².